The number of methoxy groups -OCH3 is 1. The van der Waals surface area contributed by atoms with Gasteiger partial charge in [-0.05, 0) is 37.6 Å². The summed E-state index contributed by atoms with van der Waals surface area (Å²) in [5.74, 6) is -1.84. The Kier molecular flexibility index (Phi) is 6.94. The fourth-order valence-corrected chi connectivity index (χ4v) is 4.06. The van der Waals surface area contributed by atoms with Crippen LogP contribution in [0.2, 0.25) is 0 Å². The predicted octanol–water partition coefficient (Wildman–Crippen LogP) is 1.31. The maximum Gasteiger partial charge on any atom is 0.342 e. The van der Waals surface area contributed by atoms with E-state index in [2.05, 4.69) is 14.8 Å². The molecule has 0 aromatic heterocycles. The van der Waals surface area contributed by atoms with Crippen LogP contribution in [-0.4, -0.2) is 40.6 Å². The molecule has 2 atom stereocenters. The lowest BCUT2D eigenvalue weighted by molar-refractivity contribution is 0.0590. The van der Waals surface area contributed by atoms with Crippen LogP contribution in [-0.2, 0) is 14.8 Å². The fraction of sp³-hybridized carbons (Fsp3) is 0.500. The molecule has 2 rings (SSSR count). The summed E-state index contributed by atoms with van der Waals surface area (Å²) in [5.41, 5.74) is -0.570. The lowest BCUT2D eigenvalue weighted by Crippen LogP contribution is -2.48. The van der Waals surface area contributed by atoms with E-state index in [1.165, 1.54) is 12.1 Å². The number of carbonyl (C=O) groups excluding carboxylic acids is 1. The molecule has 0 saturated carbocycles. The highest BCUT2D eigenvalue weighted by atomic mass is 35.5. The lowest BCUT2D eigenvalue weighted by atomic mass is 9.97. The van der Waals surface area contributed by atoms with Gasteiger partial charge in [0.25, 0.3) is 0 Å². The van der Waals surface area contributed by atoms with Crippen molar-refractivity contribution in [2.24, 2.45) is 5.92 Å². The average molecular weight is 367 g/mol. The van der Waals surface area contributed by atoms with Crippen LogP contribution in [0.3, 0.4) is 0 Å². The van der Waals surface area contributed by atoms with Crippen molar-refractivity contribution >= 4 is 28.4 Å². The molecule has 1 aromatic carbocycles. The number of rotatable bonds is 4. The second kappa shape index (κ2) is 8.05. The predicted molar refractivity (Wildman–Crippen MR) is 85.7 cm³/mol. The number of halogens is 2. The minimum absolute atomic E-state index is 0. The molecule has 1 saturated heterocycles. The summed E-state index contributed by atoms with van der Waals surface area (Å²) in [6.45, 7) is 3.32. The summed E-state index contributed by atoms with van der Waals surface area (Å²) in [7, 11) is -2.94. The quantitative estimate of drug-likeness (QED) is 0.785. The van der Waals surface area contributed by atoms with Gasteiger partial charge in [-0.3, -0.25) is 0 Å². The van der Waals surface area contributed by atoms with Crippen LogP contribution in [0, 0.1) is 11.7 Å². The van der Waals surface area contributed by atoms with Crippen molar-refractivity contribution in [2.75, 3.05) is 20.2 Å². The van der Waals surface area contributed by atoms with Gasteiger partial charge in [0.15, 0.2) is 0 Å². The van der Waals surface area contributed by atoms with Gasteiger partial charge in [0.2, 0.25) is 10.0 Å². The number of ether oxygens (including phenoxy) is 1. The summed E-state index contributed by atoms with van der Waals surface area (Å²) in [6.07, 6.45) is 0.628. The molecule has 0 amide bonds. The Morgan fingerprint density at radius 3 is 2.74 bits per heavy atom. The van der Waals surface area contributed by atoms with Crippen LogP contribution in [0.5, 0.6) is 0 Å². The van der Waals surface area contributed by atoms with Crippen molar-refractivity contribution in [3.63, 3.8) is 0 Å². The van der Waals surface area contributed by atoms with E-state index < -0.39 is 32.3 Å². The SMILES string of the molecule is COC(=O)c1c(F)cccc1S(=O)(=O)NC1CCNCC1C.Cl. The molecule has 1 aliphatic rings. The molecule has 1 fully saturated rings. The fourth-order valence-electron chi connectivity index (χ4n) is 2.48. The molecule has 6 nitrogen and oxygen atoms in total. The van der Waals surface area contributed by atoms with Gasteiger partial charge in [0.1, 0.15) is 11.4 Å². The summed E-state index contributed by atoms with van der Waals surface area (Å²) >= 11 is 0. The van der Waals surface area contributed by atoms with E-state index in [1.807, 2.05) is 6.92 Å². The van der Waals surface area contributed by atoms with Gasteiger partial charge < -0.3 is 10.1 Å². The molecule has 1 aliphatic heterocycles. The maximum absolute atomic E-state index is 13.9. The third kappa shape index (κ3) is 4.41. The first kappa shape index (κ1) is 19.8. The molecule has 0 aliphatic carbocycles. The Labute approximate surface area is 141 Å². The molecule has 2 unspecified atom stereocenters. The van der Waals surface area contributed by atoms with Crippen molar-refractivity contribution in [1.29, 1.82) is 0 Å². The Morgan fingerprint density at radius 2 is 2.13 bits per heavy atom. The topological polar surface area (TPSA) is 84.5 Å². The van der Waals surface area contributed by atoms with Crippen LogP contribution in [0.25, 0.3) is 0 Å². The third-order valence-electron chi connectivity index (χ3n) is 3.75. The smallest absolute Gasteiger partial charge is 0.342 e. The molecule has 2 N–H and O–H groups in total. The first-order valence-electron chi connectivity index (χ1n) is 6.96. The number of piperidine rings is 1. The number of hydrogen-bond donors (Lipinski definition) is 2. The number of sulfonamides is 1. The van der Waals surface area contributed by atoms with E-state index in [0.717, 1.165) is 13.2 Å². The highest BCUT2D eigenvalue weighted by molar-refractivity contribution is 7.89. The highest BCUT2D eigenvalue weighted by Crippen LogP contribution is 2.22. The Morgan fingerprint density at radius 1 is 1.43 bits per heavy atom. The summed E-state index contributed by atoms with van der Waals surface area (Å²) in [6, 6.07) is 3.21. The second-order valence-corrected chi connectivity index (χ2v) is 6.98. The third-order valence-corrected chi connectivity index (χ3v) is 5.28. The van der Waals surface area contributed by atoms with Crippen molar-refractivity contribution in [2.45, 2.75) is 24.3 Å². The minimum Gasteiger partial charge on any atom is -0.465 e. The van der Waals surface area contributed by atoms with Crippen molar-refractivity contribution in [3.8, 4) is 0 Å². The number of nitrogens with one attached hydrogen (secondary N) is 2. The maximum atomic E-state index is 13.9. The molecular weight excluding hydrogens is 347 g/mol. The molecule has 0 bridgehead atoms. The van der Waals surface area contributed by atoms with E-state index >= 15 is 0 Å². The zero-order chi connectivity index (χ0) is 16.3. The first-order valence-corrected chi connectivity index (χ1v) is 8.45. The van der Waals surface area contributed by atoms with E-state index in [1.54, 1.807) is 0 Å². The molecule has 0 spiro atoms. The number of benzene rings is 1. The van der Waals surface area contributed by atoms with Crippen LogP contribution >= 0.6 is 12.4 Å². The van der Waals surface area contributed by atoms with E-state index in [0.29, 0.717) is 19.5 Å². The zero-order valence-electron chi connectivity index (χ0n) is 12.8. The molecule has 1 heterocycles. The lowest BCUT2D eigenvalue weighted by Gasteiger charge is -2.30. The zero-order valence-corrected chi connectivity index (χ0v) is 14.5. The van der Waals surface area contributed by atoms with Crippen LogP contribution in [0.4, 0.5) is 4.39 Å². The number of carbonyl (C=O) groups is 1. The van der Waals surface area contributed by atoms with Crippen molar-refractivity contribution in [1.82, 2.24) is 10.0 Å². The molecular formula is C14H20ClFN2O4S. The van der Waals surface area contributed by atoms with Crippen molar-refractivity contribution in [3.05, 3.63) is 29.6 Å². The van der Waals surface area contributed by atoms with E-state index in [9.17, 15) is 17.6 Å². The first-order chi connectivity index (χ1) is 10.4. The molecule has 23 heavy (non-hydrogen) atoms. The van der Waals surface area contributed by atoms with Gasteiger partial charge in [-0.25, -0.2) is 22.3 Å². The molecule has 1 aromatic rings. The van der Waals surface area contributed by atoms with E-state index in [4.69, 9.17) is 0 Å². The second-order valence-electron chi connectivity index (χ2n) is 5.30. The van der Waals surface area contributed by atoms with Gasteiger partial charge in [-0.15, -0.1) is 12.4 Å². The average Bonchev–Trinajstić information content (AvgIpc) is 2.48. The number of hydrogen-bond acceptors (Lipinski definition) is 5. The summed E-state index contributed by atoms with van der Waals surface area (Å²) in [5, 5.41) is 3.17. The summed E-state index contributed by atoms with van der Waals surface area (Å²) < 4.78 is 46.0. The normalized spacial score (nSPS) is 21.3. The van der Waals surface area contributed by atoms with Gasteiger partial charge in [-0.2, -0.15) is 0 Å². The minimum atomic E-state index is -4.02. The van der Waals surface area contributed by atoms with E-state index in [-0.39, 0.29) is 24.4 Å². The summed E-state index contributed by atoms with van der Waals surface area (Å²) in [4.78, 5) is 11.3. The monoisotopic (exact) mass is 366 g/mol. The highest BCUT2D eigenvalue weighted by Gasteiger charge is 2.31. The Hall–Kier alpha value is -1.22. The van der Waals surface area contributed by atoms with Crippen molar-refractivity contribution < 1.29 is 22.3 Å². The van der Waals surface area contributed by atoms with Crippen LogP contribution in [0.1, 0.15) is 23.7 Å². The van der Waals surface area contributed by atoms with Gasteiger partial charge in [-0.1, -0.05) is 13.0 Å². The number of esters is 1. The van der Waals surface area contributed by atoms with Crippen LogP contribution in [0.15, 0.2) is 23.1 Å². The Bertz CT molecular complexity index is 669. The van der Waals surface area contributed by atoms with Gasteiger partial charge >= 0.3 is 5.97 Å². The molecule has 0 radical (unpaired) electrons. The Balaban J connectivity index is 0.00000264. The van der Waals surface area contributed by atoms with Gasteiger partial charge in [0.05, 0.1) is 12.0 Å². The molecule has 130 valence electrons. The standard InChI is InChI=1S/C14H19FN2O4S.ClH/c1-9-8-16-7-6-11(9)17-22(19,20)12-5-3-4-10(15)13(12)14(18)21-2;/h3-5,9,11,16-17H,6-8H2,1-2H3;1H. The van der Waals surface area contributed by atoms with Gasteiger partial charge in [0, 0.05) is 6.04 Å². The largest absolute Gasteiger partial charge is 0.465 e. The molecule has 9 heteroatoms. The van der Waals surface area contributed by atoms with Crippen LogP contribution < -0.4 is 10.0 Å².